The van der Waals surface area contributed by atoms with E-state index < -0.39 is 0 Å². The van der Waals surface area contributed by atoms with Gasteiger partial charge in [0.05, 0.1) is 5.69 Å². The highest BCUT2D eigenvalue weighted by Crippen LogP contribution is 2.36. The third-order valence-electron chi connectivity index (χ3n) is 3.38. The van der Waals surface area contributed by atoms with E-state index in [1.54, 1.807) is 0 Å². The van der Waals surface area contributed by atoms with E-state index in [1.807, 2.05) is 0 Å². The fourth-order valence-electron chi connectivity index (χ4n) is 2.54. The lowest BCUT2D eigenvalue weighted by atomic mass is 9.85. The minimum Gasteiger partial charge on any atom is -0.443 e. The molecule has 0 atom stereocenters. The van der Waals surface area contributed by atoms with Crippen LogP contribution >= 0.6 is 0 Å². The topological polar surface area (TPSA) is 46.3 Å². The van der Waals surface area contributed by atoms with Crippen molar-refractivity contribution in [3.63, 3.8) is 0 Å². The van der Waals surface area contributed by atoms with E-state index in [4.69, 9.17) is 9.52 Å². The molecule has 3 nitrogen and oxygen atoms in total. The second-order valence-corrected chi connectivity index (χ2v) is 5.00. The van der Waals surface area contributed by atoms with Crippen molar-refractivity contribution in [2.45, 2.75) is 64.4 Å². The fraction of sp³-hybridized carbons (Fsp3) is 0.769. The minimum atomic E-state index is -0.0908. The normalized spacial score (nSPS) is 18.2. The molecule has 1 fully saturated rings. The molecule has 0 amide bonds. The van der Waals surface area contributed by atoms with Crippen LogP contribution in [0, 0.1) is 0 Å². The number of nitrogens with zero attached hydrogens (tertiary/aromatic N) is 1. The quantitative estimate of drug-likeness (QED) is 0.854. The first-order valence-corrected chi connectivity index (χ1v) is 6.32. The maximum Gasteiger partial charge on any atom is 0.220 e. The summed E-state index contributed by atoms with van der Waals surface area (Å²) in [5.41, 5.74) is 1.11. The van der Waals surface area contributed by atoms with Crippen molar-refractivity contribution in [1.29, 1.82) is 0 Å². The molecule has 1 aliphatic carbocycles. The maximum absolute atomic E-state index is 9.10. The van der Waals surface area contributed by atoms with E-state index in [9.17, 15) is 0 Å². The van der Waals surface area contributed by atoms with E-state index in [2.05, 4.69) is 18.8 Å². The minimum absolute atomic E-state index is 0.0908. The number of aromatic nitrogens is 1. The molecule has 1 saturated carbocycles. The molecule has 0 saturated heterocycles. The first kappa shape index (κ1) is 11.6. The second kappa shape index (κ2) is 5.00. The molecule has 0 aromatic carbocycles. The summed E-state index contributed by atoms with van der Waals surface area (Å²) in [6, 6.07) is 0. The maximum atomic E-state index is 9.10. The van der Waals surface area contributed by atoms with Crippen molar-refractivity contribution in [3.05, 3.63) is 17.3 Å². The van der Waals surface area contributed by atoms with Crippen molar-refractivity contribution < 1.29 is 9.52 Å². The Morgan fingerprint density at radius 2 is 2.00 bits per heavy atom. The predicted octanol–water partition coefficient (Wildman–Crippen LogP) is 3.34. The Morgan fingerprint density at radius 1 is 1.31 bits per heavy atom. The number of aliphatic hydroxyl groups excluding tert-OH is 1. The van der Waals surface area contributed by atoms with Crippen LogP contribution in [0.3, 0.4) is 0 Å². The average molecular weight is 223 g/mol. The monoisotopic (exact) mass is 223 g/mol. The Hall–Kier alpha value is -0.830. The number of rotatable bonds is 3. The molecule has 0 aliphatic heterocycles. The molecule has 1 aliphatic rings. The third-order valence-corrected chi connectivity index (χ3v) is 3.38. The first-order valence-electron chi connectivity index (χ1n) is 6.32. The Balaban J connectivity index is 2.26. The van der Waals surface area contributed by atoms with Crippen LogP contribution in [0.1, 0.15) is 75.1 Å². The predicted molar refractivity (Wildman–Crippen MR) is 62.3 cm³/mol. The summed E-state index contributed by atoms with van der Waals surface area (Å²) in [7, 11) is 0. The molecule has 1 N–H and O–H groups in total. The van der Waals surface area contributed by atoms with Gasteiger partial charge in [0, 0.05) is 11.8 Å². The fourth-order valence-corrected chi connectivity index (χ4v) is 2.54. The Bertz CT molecular complexity index is 338. The summed E-state index contributed by atoms with van der Waals surface area (Å²) < 4.78 is 5.62. The molecular formula is C13H21NO2. The second-order valence-electron chi connectivity index (χ2n) is 5.00. The van der Waals surface area contributed by atoms with Gasteiger partial charge in [-0.1, -0.05) is 33.1 Å². The highest BCUT2D eigenvalue weighted by atomic mass is 16.4. The Labute approximate surface area is 96.9 Å². The van der Waals surface area contributed by atoms with Gasteiger partial charge in [-0.2, -0.15) is 0 Å². The van der Waals surface area contributed by atoms with E-state index in [0.717, 1.165) is 11.5 Å². The van der Waals surface area contributed by atoms with Crippen LogP contribution in [0.2, 0.25) is 0 Å². The van der Waals surface area contributed by atoms with Crippen LogP contribution < -0.4 is 0 Å². The van der Waals surface area contributed by atoms with Crippen molar-refractivity contribution in [1.82, 2.24) is 4.98 Å². The molecule has 16 heavy (non-hydrogen) atoms. The molecule has 1 aromatic heterocycles. The summed E-state index contributed by atoms with van der Waals surface area (Å²) in [6.07, 6.45) is 6.37. The summed E-state index contributed by atoms with van der Waals surface area (Å²) in [6.45, 7) is 4.15. The summed E-state index contributed by atoms with van der Waals surface area (Å²) in [5.74, 6) is 2.36. The standard InChI is InChI=1S/C13H21NO2/c1-9(2)13-12(14-11(8-15)16-13)10-6-4-3-5-7-10/h9-10,15H,3-8H2,1-2H3. The van der Waals surface area contributed by atoms with Crippen molar-refractivity contribution >= 4 is 0 Å². The Morgan fingerprint density at radius 3 is 2.56 bits per heavy atom. The van der Waals surface area contributed by atoms with Gasteiger partial charge in [-0.05, 0) is 12.8 Å². The molecule has 1 aromatic rings. The van der Waals surface area contributed by atoms with Gasteiger partial charge in [0.25, 0.3) is 0 Å². The van der Waals surface area contributed by atoms with Gasteiger partial charge >= 0.3 is 0 Å². The molecule has 0 bridgehead atoms. The van der Waals surface area contributed by atoms with Crippen molar-refractivity contribution in [2.75, 3.05) is 0 Å². The third kappa shape index (κ3) is 2.29. The van der Waals surface area contributed by atoms with Crippen LogP contribution in [0.4, 0.5) is 0 Å². The summed E-state index contributed by atoms with van der Waals surface area (Å²) in [4.78, 5) is 4.46. The molecule has 90 valence electrons. The highest BCUT2D eigenvalue weighted by molar-refractivity contribution is 5.18. The molecule has 3 heteroatoms. The zero-order chi connectivity index (χ0) is 11.5. The Kier molecular flexibility index (Phi) is 3.64. The van der Waals surface area contributed by atoms with E-state index in [-0.39, 0.29) is 6.61 Å². The summed E-state index contributed by atoms with van der Waals surface area (Å²) in [5, 5.41) is 9.10. The van der Waals surface area contributed by atoms with Gasteiger partial charge in [0.2, 0.25) is 5.89 Å². The molecule has 0 unspecified atom stereocenters. The lowest BCUT2D eigenvalue weighted by Crippen LogP contribution is -2.07. The number of hydrogen-bond acceptors (Lipinski definition) is 3. The van der Waals surface area contributed by atoms with E-state index in [0.29, 0.717) is 17.7 Å². The number of oxazole rings is 1. The van der Waals surface area contributed by atoms with Crippen LogP contribution in [0.5, 0.6) is 0 Å². The van der Waals surface area contributed by atoms with Gasteiger partial charge < -0.3 is 9.52 Å². The van der Waals surface area contributed by atoms with E-state index in [1.165, 1.54) is 32.1 Å². The number of hydrogen-bond donors (Lipinski definition) is 1. The van der Waals surface area contributed by atoms with Crippen molar-refractivity contribution in [2.24, 2.45) is 0 Å². The number of aliphatic hydroxyl groups is 1. The molecular weight excluding hydrogens is 202 g/mol. The molecule has 0 radical (unpaired) electrons. The molecule has 2 rings (SSSR count). The first-order chi connectivity index (χ1) is 7.72. The highest BCUT2D eigenvalue weighted by Gasteiger charge is 2.25. The van der Waals surface area contributed by atoms with Gasteiger partial charge in [-0.25, -0.2) is 4.98 Å². The SMILES string of the molecule is CC(C)c1oc(CO)nc1C1CCCCC1. The summed E-state index contributed by atoms with van der Waals surface area (Å²) >= 11 is 0. The van der Waals surface area contributed by atoms with Gasteiger partial charge in [0.15, 0.2) is 0 Å². The van der Waals surface area contributed by atoms with Crippen LogP contribution in [0.25, 0.3) is 0 Å². The van der Waals surface area contributed by atoms with Gasteiger partial charge in [0.1, 0.15) is 12.4 Å². The van der Waals surface area contributed by atoms with Crippen molar-refractivity contribution in [3.8, 4) is 0 Å². The lowest BCUT2D eigenvalue weighted by molar-refractivity contribution is 0.235. The molecule has 0 spiro atoms. The molecule has 1 heterocycles. The van der Waals surface area contributed by atoms with Crippen LogP contribution in [-0.4, -0.2) is 10.1 Å². The zero-order valence-electron chi connectivity index (χ0n) is 10.2. The zero-order valence-corrected chi connectivity index (χ0v) is 10.2. The van der Waals surface area contributed by atoms with Gasteiger partial charge in [-0.3, -0.25) is 0 Å². The van der Waals surface area contributed by atoms with Crippen LogP contribution in [-0.2, 0) is 6.61 Å². The largest absolute Gasteiger partial charge is 0.443 e. The smallest absolute Gasteiger partial charge is 0.220 e. The average Bonchev–Trinajstić information content (AvgIpc) is 2.74. The van der Waals surface area contributed by atoms with E-state index >= 15 is 0 Å². The van der Waals surface area contributed by atoms with Crippen LogP contribution in [0.15, 0.2) is 4.42 Å². The van der Waals surface area contributed by atoms with Gasteiger partial charge in [-0.15, -0.1) is 0 Å². The lowest BCUT2D eigenvalue weighted by Gasteiger charge is -2.20.